The summed E-state index contributed by atoms with van der Waals surface area (Å²) in [6.45, 7) is 1.96. The fourth-order valence-electron chi connectivity index (χ4n) is 2.18. The van der Waals surface area contributed by atoms with Gasteiger partial charge in [0.05, 0.1) is 5.41 Å². The Kier molecular flexibility index (Phi) is 5.74. The highest BCUT2D eigenvalue weighted by atomic mass is 35.5. The number of benzene rings is 2. The second-order valence-electron chi connectivity index (χ2n) is 5.44. The van der Waals surface area contributed by atoms with Crippen LogP contribution in [0.2, 0.25) is 5.02 Å². The van der Waals surface area contributed by atoms with Crippen LogP contribution in [-0.4, -0.2) is 6.29 Å². The number of halogens is 1. The van der Waals surface area contributed by atoms with Gasteiger partial charge in [-0.2, -0.15) is 0 Å². The number of aldehydes is 1. The lowest BCUT2D eigenvalue weighted by Crippen LogP contribution is -2.22. The second-order valence-corrected chi connectivity index (χ2v) is 5.88. The molecule has 0 spiro atoms. The first-order valence-corrected chi connectivity index (χ1v) is 7.62. The number of hydrogen-bond acceptors (Lipinski definition) is 1. The first-order valence-electron chi connectivity index (χ1n) is 7.25. The zero-order valence-corrected chi connectivity index (χ0v) is 13.3. The third-order valence-electron chi connectivity index (χ3n) is 3.64. The molecule has 2 aromatic rings. The van der Waals surface area contributed by atoms with Crippen molar-refractivity contribution in [2.75, 3.05) is 0 Å². The van der Waals surface area contributed by atoms with Gasteiger partial charge in [0, 0.05) is 5.02 Å². The average molecular weight is 311 g/mol. The monoisotopic (exact) mass is 310 g/mol. The summed E-state index contributed by atoms with van der Waals surface area (Å²) in [6, 6.07) is 17.5. The van der Waals surface area contributed by atoms with Crippen molar-refractivity contribution in [2.45, 2.75) is 18.8 Å². The third kappa shape index (κ3) is 4.44. The van der Waals surface area contributed by atoms with E-state index in [0.29, 0.717) is 6.42 Å². The van der Waals surface area contributed by atoms with Crippen LogP contribution >= 0.6 is 11.6 Å². The molecule has 22 heavy (non-hydrogen) atoms. The van der Waals surface area contributed by atoms with Crippen molar-refractivity contribution in [3.63, 3.8) is 0 Å². The highest BCUT2D eigenvalue weighted by Crippen LogP contribution is 2.25. The molecule has 0 saturated carbocycles. The summed E-state index contributed by atoms with van der Waals surface area (Å²) in [5.74, 6) is 0. The van der Waals surface area contributed by atoms with E-state index in [2.05, 4.69) is 0 Å². The van der Waals surface area contributed by atoms with E-state index in [1.807, 2.05) is 85.8 Å². The number of rotatable bonds is 6. The smallest absolute Gasteiger partial charge is 0.130 e. The molecule has 1 nitrogen and oxygen atoms in total. The zero-order valence-electron chi connectivity index (χ0n) is 12.6. The molecule has 0 unspecified atom stereocenters. The summed E-state index contributed by atoms with van der Waals surface area (Å²) in [5, 5.41) is 0.734. The summed E-state index contributed by atoms with van der Waals surface area (Å²) >= 11 is 5.85. The molecule has 0 heterocycles. The van der Waals surface area contributed by atoms with Crippen molar-refractivity contribution in [1.82, 2.24) is 0 Å². The highest BCUT2D eigenvalue weighted by Gasteiger charge is 2.23. The standard InChI is InChI=1S/C20H19ClO/c1-20(16-22,18-9-5-2-6-10-18)15-7-3-4-8-17-11-13-19(21)14-12-17/h2-14,16H,15H2,1H3/b7-3+,8-4+/t20-/m0/s1. The van der Waals surface area contributed by atoms with Gasteiger partial charge in [-0.1, -0.05) is 78.4 Å². The minimum absolute atomic E-state index is 0.480. The molecular weight excluding hydrogens is 292 g/mol. The van der Waals surface area contributed by atoms with Gasteiger partial charge < -0.3 is 4.79 Å². The molecule has 112 valence electrons. The predicted octanol–water partition coefficient (Wildman–Crippen LogP) is 5.46. The van der Waals surface area contributed by atoms with E-state index in [9.17, 15) is 4.79 Å². The van der Waals surface area contributed by atoms with Crippen LogP contribution in [0.25, 0.3) is 6.08 Å². The molecule has 0 amide bonds. The maximum Gasteiger partial charge on any atom is 0.130 e. The molecule has 0 aliphatic heterocycles. The van der Waals surface area contributed by atoms with E-state index in [-0.39, 0.29) is 0 Å². The van der Waals surface area contributed by atoms with Crippen LogP contribution in [0.3, 0.4) is 0 Å². The van der Waals surface area contributed by atoms with E-state index in [0.717, 1.165) is 22.4 Å². The molecule has 0 N–H and O–H groups in total. The van der Waals surface area contributed by atoms with Crippen LogP contribution in [0.15, 0.2) is 72.8 Å². The fraction of sp³-hybridized carbons (Fsp3) is 0.150. The first kappa shape index (κ1) is 16.3. The van der Waals surface area contributed by atoms with Gasteiger partial charge in [-0.05, 0) is 36.6 Å². The topological polar surface area (TPSA) is 17.1 Å². The van der Waals surface area contributed by atoms with Gasteiger partial charge in [0.15, 0.2) is 0 Å². The molecule has 0 aliphatic rings. The van der Waals surface area contributed by atoms with Gasteiger partial charge in [0.25, 0.3) is 0 Å². The molecular formula is C20H19ClO. The van der Waals surface area contributed by atoms with Crippen LogP contribution in [-0.2, 0) is 10.2 Å². The van der Waals surface area contributed by atoms with Crippen LogP contribution in [0.4, 0.5) is 0 Å². The van der Waals surface area contributed by atoms with Crippen molar-refractivity contribution in [2.24, 2.45) is 0 Å². The number of hydrogen-bond donors (Lipinski definition) is 0. The Morgan fingerprint density at radius 3 is 2.32 bits per heavy atom. The Bertz CT molecular complexity index is 656. The summed E-state index contributed by atoms with van der Waals surface area (Å²) in [6.07, 6.45) is 9.67. The van der Waals surface area contributed by atoms with E-state index in [1.54, 1.807) is 0 Å². The van der Waals surface area contributed by atoms with Crippen LogP contribution in [0.1, 0.15) is 24.5 Å². The summed E-state index contributed by atoms with van der Waals surface area (Å²) in [4.78, 5) is 11.5. The molecule has 2 rings (SSSR count). The van der Waals surface area contributed by atoms with Gasteiger partial charge in [-0.3, -0.25) is 0 Å². The van der Waals surface area contributed by atoms with Crippen molar-refractivity contribution in [3.8, 4) is 0 Å². The maximum absolute atomic E-state index is 11.5. The largest absolute Gasteiger partial charge is 0.302 e. The summed E-state index contributed by atoms with van der Waals surface area (Å²) < 4.78 is 0. The molecule has 2 heteroatoms. The number of carbonyl (C=O) groups excluding carboxylic acids is 1. The molecule has 1 atom stereocenters. The van der Waals surface area contributed by atoms with Gasteiger partial charge in [0.1, 0.15) is 6.29 Å². The highest BCUT2D eigenvalue weighted by molar-refractivity contribution is 6.30. The van der Waals surface area contributed by atoms with Crippen molar-refractivity contribution in [1.29, 1.82) is 0 Å². The lowest BCUT2D eigenvalue weighted by Gasteiger charge is -2.21. The SMILES string of the molecule is C[C@@](C=O)(C/C=C/C=C/c1ccc(Cl)cc1)c1ccccc1. The van der Waals surface area contributed by atoms with Crippen LogP contribution < -0.4 is 0 Å². The Hall–Kier alpha value is -2.12. The Morgan fingerprint density at radius 2 is 1.68 bits per heavy atom. The molecule has 0 saturated heterocycles. The van der Waals surface area contributed by atoms with Gasteiger partial charge in [0.2, 0.25) is 0 Å². The molecule has 0 aromatic heterocycles. The lowest BCUT2D eigenvalue weighted by atomic mass is 9.81. The van der Waals surface area contributed by atoms with E-state index >= 15 is 0 Å². The summed E-state index contributed by atoms with van der Waals surface area (Å²) in [5.41, 5.74) is 1.65. The minimum atomic E-state index is -0.480. The minimum Gasteiger partial charge on any atom is -0.302 e. The third-order valence-corrected chi connectivity index (χ3v) is 3.89. The van der Waals surface area contributed by atoms with E-state index < -0.39 is 5.41 Å². The first-order chi connectivity index (χ1) is 10.6. The quantitative estimate of drug-likeness (QED) is 0.511. The molecule has 0 radical (unpaired) electrons. The Labute approximate surface area is 136 Å². The second kappa shape index (κ2) is 7.77. The summed E-state index contributed by atoms with van der Waals surface area (Å²) in [7, 11) is 0. The molecule has 2 aromatic carbocycles. The van der Waals surface area contributed by atoms with Gasteiger partial charge in [-0.25, -0.2) is 0 Å². The van der Waals surface area contributed by atoms with E-state index in [1.165, 1.54) is 0 Å². The molecule has 0 bridgehead atoms. The Morgan fingerprint density at radius 1 is 1.00 bits per heavy atom. The van der Waals surface area contributed by atoms with Crippen molar-refractivity contribution < 1.29 is 4.79 Å². The lowest BCUT2D eigenvalue weighted by molar-refractivity contribution is -0.112. The van der Waals surface area contributed by atoms with Crippen molar-refractivity contribution >= 4 is 24.0 Å². The number of allylic oxidation sites excluding steroid dienone is 3. The Balaban J connectivity index is 1.98. The normalized spacial score (nSPS) is 14.3. The molecule has 0 aliphatic carbocycles. The molecule has 0 fully saturated rings. The van der Waals surface area contributed by atoms with Crippen LogP contribution in [0, 0.1) is 0 Å². The predicted molar refractivity (Wildman–Crippen MR) is 94.1 cm³/mol. The maximum atomic E-state index is 11.5. The number of carbonyl (C=O) groups is 1. The van der Waals surface area contributed by atoms with Gasteiger partial charge >= 0.3 is 0 Å². The zero-order chi connectivity index (χ0) is 15.8. The van der Waals surface area contributed by atoms with Gasteiger partial charge in [-0.15, -0.1) is 0 Å². The van der Waals surface area contributed by atoms with E-state index in [4.69, 9.17) is 11.6 Å². The van der Waals surface area contributed by atoms with Crippen LogP contribution in [0.5, 0.6) is 0 Å². The van der Waals surface area contributed by atoms with Crippen molar-refractivity contribution in [3.05, 3.63) is 89.0 Å². The average Bonchev–Trinajstić information content (AvgIpc) is 2.57. The fourth-order valence-corrected chi connectivity index (χ4v) is 2.31.